The Labute approximate surface area is 109 Å². The summed E-state index contributed by atoms with van der Waals surface area (Å²) in [5.74, 6) is -0.624. The van der Waals surface area contributed by atoms with Crippen molar-refractivity contribution in [3.8, 4) is 0 Å². The summed E-state index contributed by atoms with van der Waals surface area (Å²) >= 11 is 3.04. The highest BCUT2D eigenvalue weighted by atomic mass is 79.9. The molecule has 0 unspecified atom stereocenters. The van der Waals surface area contributed by atoms with Gasteiger partial charge in [0.25, 0.3) is 0 Å². The van der Waals surface area contributed by atoms with Gasteiger partial charge in [-0.1, -0.05) is 41.1 Å². The van der Waals surface area contributed by atoms with Gasteiger partial charge in [0.2, 0.25) is 0 Å². The van der Waals surface area contributed by atoms with Gasteiger partial charge < -0.3 is 5.11 Å². The van der Waals surface area contributed by atoms with E-state index >= 15 is 0 Å². The number of aliphatic hydroxyl groups is 1. The first-order valence-electron chi connectivity index (χ1n) is 5.05. The minimum atomic E-state index is -3.58. The van der Waals surface area contributed by atoms with E-state index in [1.54, 1.807) is 13.0 Å². The molecule has 1 aromatic carbocycles. The van der Waals surface area contributed by atoms with Crippen LogP contribution in [0.3, 0.4) is 0 Å². The molecule has 0 spiro atoms. The van der Waals surface area contributed by atoms with Crippen LogP contribution in [0.25, 0.3) is 0 Å². The quantitative estimate of drug-likeness (QED) is 0.865. The molecule has 0 bridgehead atoms. The van der Waals surface area contributed by atoms with Crippen molar-refractivity contribution in [3.63, 3.8) is 0 Å². The Morgan fingerprint density at radius 3 is 2.41 bits per heavy atom. The maximum absolute atomic E-state index is 13.5. The van der Waals surface area contributed by atoms with Gasteiger partial charge in [-0.2, -0.15) is 0 Å². The van der Waals surface area contributed by atoms with Crippen molar-refractivity contribution in [3.05, 3.63) is 35.6 Å². The number of halogens is 2. The SMILES string of the molecule is CC[C@@](Br)([C@H](O)c1ccccc1F)S(C)(=O)=O. The zero-order valence-electron chi connectivity index (χ0n) is 9.52. The van der Waals surface area contributed by atoms with Gasteiger partial charge in [0.15, 0.2) is 13.5 Å². The third kappa shape index (κ3) is 2.69. The molecule has 0 fully saturated rings. The molecule has 0 aromatic heterocycles. The first kappa shape index (κ1) is 14.6. The molecule has 0 aliphatic heterocycles. The Hall–Kier alpha value is -0.460. The van der Waals surface area contributed by atoms with Crippen LogP contribution in [-0.2, 0) is 9.84 Å². The van der Waals surface area contributed by atoms with Gasteiger partial charge in [0, 0.05) is 11.8 Å². The summed E-state index contributed by atoms with van der Waals surface area (Å²) in [6.45, 7) is 1.61. The van der Waals surface area contributed by atoms with E-state index in [2.05, 4.69) is 15.9 Å². The molecule has 0 amide bonds. The average molecular weight is 325 g/mol. The molecule has 1 N–H and O–H groups in total. The number of benzene rings is 1. The highest BCUT2D eigenvalue weighted by Crippen LogP contribution is 2.41. The Kier molecular flexibility index (Phi) is 4.33. The van der Waals surface area contributed by atoms with Crippen molar-refractivity contribution in [1.29, 1.82) is 0 Å². The molecule has 1 rings (SSSR count). The molecule has 1 aromatic rings. The van der Waals surface area contributed by atoms with E-state index < -0.39 is 25.4 Å². The molecule has 6 heteroatoms. The standard InChI is InChI=1S/C11H14BrFO3S/c1-3-11(12,17(2,15)16)10(14)8-6-4-5-7-9(8)13/h4-7,10,14H,3H2,1-2H3/t10-,11+/m1/s1. The van der Waals surface area contributed by atoms with E-state index in [4.69, 9.17) is 0 Å². The zero-order chi connectivity index (χ0) is 13.3. The van der Waals surface area contributed by atoms with Crippen LogP contribution in [-0.4, -0.2) is 23.4 Å². The van der Waals surface area contributed by atoms with E-state index in [0.717, 1.165) is 6.26 Å². The fourth-order valence-corrected chi connectivity index (χ4v) is 2.89. The number of hydrogen-bond acceptors (Lipinski definition) is 3. The Morgan fingerprint density at radius 2 is 2.00 bits per heavy atom. The summed E-state index contributed by atoms with van der Waals surface area (Å²) in [6.07, 6.45) is -0.319. The first-order chi connectivity index (χ1) is 7.74. The Balaban J connectivity index is 3.29. The first-order valence-corrected chi connectivity index (χ1v) is 7.73. The fourth-order valence-electron chi connectivity index (χ4n) is 1.59. The van der Waals surface area contributed by atoms with E-state index in [9.17, 15) is 17.9 Å². The molecule has 0 aliphatic rings. The Morgan fingerprint density at radius 1 is 1.47 bits per heavy atom. The molecule has 0 radical (unpaired) electrons. The largest absolute Gasteiger partial charge is 0.386 e. The summed E-state index contributed by atoms with van der Waals surface area (Å²) in [4.78, 5) is 0. The zero-order valence-corrected chi connectivity index (χ0v) is 11.9. The lowest BCUT2D eigenvalue weighted by molar-refractivity contribution is 0.155. The number of alkyl halides is 1. The van der Waals surface area contributed by atoms with Crippen LogP contribution < -0.4 is 0 Å². The van der Waals surface area contributed by atoms with Crippen LogP contribution in [0.4, 0.5) is 4.39 Å². The highest BCUT2D eigenvalue weighted by molar-refractivity contribution is 9.11. The molecule has 0 aliphatic carbocycles. The van der Waals surface area contributed by atoms with Crippen LogP contribution in [0.2, 0.25) is 0 Å². The minimum Gasteiger partial charge on any atom is -0.386 e. The van der Waals surface area contributed by atoms with Crippen molar-refractivity contribution >= 4 is 25.8 Å². The molecule has 0 heterocycles. The van der Waals surface area contributed by atoms with Crippen molar-refractivity contribution < 1.29 is 17.9 Å². The lowest BCUT2D eigenvalue weighted by Gasteiger charge is -2.30. The smallest absolute Gasteiger partial charge is 0.166 e. The molecule has 0 saturated carbocycles. The third-order valence-electron chi connectivity index (χ3n) is 2.71. The van der Waals surface area contributed by atoms with Crippen molar-refractivity contribution in [2.24, 2.45) is 0 Å². The predicted molar refractivity (Wildman–Crippen MR) is 68.2 cm³/mol. The number of rotatable bonds is 4. The summed E-state index contributed by atoms with van der Waals surface area (Å²) in [6, 6.07) is 5.58. The van der Waals surface area contributed by atoms with Gasteiger partial charge >= 0.3 is 0 Å². The van der Waals surface area contributed by atoms with Gasteiger partial charge in [-0.25, -0.2) is 12.8 Å². The summed E-state index contributed by atoms with van der Waals surface area (Å²) in [5, 5.41) is 10.1. The fraction of sp³-hybridized carbons (Fsp3) is 0.455. The lowest BCUT2D eigenvalue weighted by atomic mass is 10.0. The minimum absolute atomic E-state index is 0.0309. The summed E-state index contributed by atoms with van der Waals surface area (Å²) in [5.41, 5.74) is -0.0309. The molecular weight excluding hydrogens is 311 g/mol. The van der Waals surface area contributed by atoms with Gasteiger partial charge in [0.05, 0.1) is 0 Å². The van der Waals surface area contributed by atoms with E-state index in [-0.39, 0.29) is 12.0 Å². The van der Waals surface area contributed by atoms with Crippen LogP contribution in [0.15, 0.2) is 24.3 Å². The maximum atomic E-state index is 13.5. The number of sulfone groups is 1. The van der Waals surface area contributed by atoms with Crippen LogP contribution in [0.5, 0.6) is 0 Å². The third-order valence-corrected chi connectivity index (χ3v) is 7.21. The summed E-state index contributed by atoms with van der Waals surface area (Å²) < 4.78 is 35.3. The van der Waals surface area contributed by atoms with Gasteiger partial charge in [-0.05, 0) is 12.5 Å². The molecule has 2 atom stereocenters. The molecule has 96 valence electrons. The van der Waals surface area contributed by atoms with Crippen LogP contribution >= 0.6 is 15.9 Å². The van der Waals surface area contributed by atoms with Crippen molar-refractivity contribution in [1.82, 2.24) is 0 Å². The lowest BCUT2D eigenvalue weighted by Crippen LogP contribution is -2.37. The van der Waals surface area contributed by atoms with Gasteiger partial charge in [0.1, 0.15) is 11.9 Å². The van der Waals surface area contributed by atoms with Gasteiger partial charge in [-0.3, -0.25) is 0 Å². The second-order valence-electron chi connectivity index (χ2n) is 3.84. The molecule has 3 nitrogen and oxygen atoms in total. The van der Waals surface area contributed by atoms with Crippen LogP contribution in [0, 0.1) is 5.82 Å². The molecule has 0 saturated heterocycles. The molecular formula is C11H14BrFO3S. The number of aliphatic hydroxyl groups excluding tert-OH is 1. The number of hydrogen-bond donors (Lipinski definition) is 1. The van der Waals surface area contributed by atoms with Gasteiger partial charge in [-0.15, -0.1) is 0 Å². The Bertz CT molecular complexity index is 503. The second kappa shape index (κ2) is 5.04. The predicted octanol–water partition coefficient (Wildman–Crippen LogP) is 2.40. The van der Waals surface area contributed by atoms with E-state index in [0.29, 0.717) is 0 Å². The van der Waals surface area contributed by atoms with Crippen molar-refractivity contribution in [2.45, 2.75) is 23.1 Å². The van der Waals surface area contributed by atoms with E-state index in [1.165, 1.54) is 18.2 Å². The van der Waals surface area contributed by atoms with Crippen LogP contribution in [0.1, 0.15) is 25.0 Å². The second-order valence-corrected chi connectivity index (χ2v) is 8.05. The summed E-state index contributed by atoms with van der Waals surface area (Å²) in [7, 11) is -3.58. The maximum Gasteiger partial charge on any atom is 0.166 e. The monoisotopic (exact) mass is 324 g/mol. The highest BCUT2D eigenvalue weighted by Gasteiger charge is 2.45. The topological polar surface area (TPSA) is 54.4 Å². The average Bonchev–Trinajstić information content (AvgIpc) is 2.26. The molecule has 17 heavy (non-hydrogen) atoms. The van der Waals surface area contributed by atoms with E-state index in [1.807, 2.05) is 0 Å². The van der Waals surface area contributed by atoms with Crippen molar-refractivity contribution in [2.75, 3.05) is 6.26 Å². The normalized spacial score (nSPS) is 17.5.